The number of benzene rings is 3. The summed E-state index contributed by atoms with van der Waals surface area (Å²) in [7, 11) is 3.46. The number of nitrogens with one attached hydrogen (secondary N) is 1. The van der Waals surface area contributed by atoms with Crippen molar-refractivity contribution in [2.24, 2.45) is 23.7 Å². The molecular formula is C46H56N4O12. The molecule has 0 aliphatic carbocycles. The molecular weight excluding hydrogens is 801 g/mol. The zero-order valence-corrected chi connectivity index (χ0v) is 36.4. The number of allylic oxidation sites excluding steroid dienone is 2. The Morgan fingerprint density at radius 1 is 0.887 bits per heavy atom. The molecule has 0 spiro atoms. The number of ether oxygens (including phenoxy) is 3. The maximum absolute atomic E-state index is 14.8. The SMILES string of the molecule is CO[C@H]1/C=C/O[C@@]2(C)Oc3c(C)c(O)c4c(=O)c(c5oc6cc(N7CCN(C)CC7)cc(=O)c6nc5c4c3=C2O)NC(=O)/C(C)=C\C=C\[C@H](C)[C@H](O)[C@@H](C)[C@@H](O)[C@@H](C)[C@H](O)[C@@H]1C. The Morgan fingerprint density at radius 2 is 1.55 bits per heavy atom. The Labute approximate surface area is 358 Å². The molecule has 1 fully saturated rings. The Kier molecular flexibility index (Phi) is 12.2. The summed E-state index contributed by atoms with van der Waals surface area (Å²) in [6, 6.07) is 3.12. The monoisotopic (exact) mass is 856 g/mol. The van der Waals surface area contributed by atoms with Crippen LogP contribution >= 0.6 is 0 Å². The van der Waals surface area contributed by atoms with Crippen LogP contribution < -0.4 is 31.0 Å². The van der Waals surface area contributed by atoms with E-state index in [9.17, 15) is 39.9 Å². The van der Waals surface area contributed by atoms with Gasteiger partial charge in [-0.05, 0) is 27.0 Å². The molecule has 4 aromatic rings. The number of aliphatic hydroxyl groups excluding tert-OH is 4. The summed E-state index contributed by atoms with van der Waals surface area (Å²) in [6.45, 7) is 14.2. The van der Waals surface area contributed by atoms with Crippen molar-refractivity contribution in [2.45, 2.75) is 78.7 Å². The lowest BCUT2D eigenvalue weighted by molar-refractivity contribution is -0.112. The third-order valence-electron chi connectivity index (χ3n) is 13.0. The second-order valence-corrected chi connectivity index (χ2v) is 17.2. The predicted molar refractivity (Wildman–Crippen MR) is 235 cm³/mol. The summed E-state index contributed by atoms with van der Waals surface area (Å²) in [4.78, 5) is 51.5. The van der Waals surface area contributed by atoms with E-state index in [1.54, 1.807) is 45.9 Å². The summed E-state index contributed by atoms with van der Waals surface area (Å²) in [6.07, 6.45) is 3.48. The largest absolute Gasteiger partial charge is 0.507 e. The van der Waals surface area contributed by atoms with Crippen LogP contribution in [0.3, 0.4) is 0 Å². The minimum absolute atomic E-state index is 0.0351. The van der Waals surface area contributed by atoms with E-state index in [1.165, 1.54) is 52.4 Å². The summed E-state index contributed by atoms with van der Waals surface area (Å²) in [5.41, 5.74) is -1.29. The van der Waals surface area contributed by atoms with E-state index in [-0.39, 0.29) is 60.8 Å². The van der Waals surface area contributed by atoms with Crippen molar-refractivity contribution >= 4 is 56.0 Å². The number of likely N-dealkylation sites (N-methyl/N-ethyl adjacent to an activating group) is 1. The van der Waals surface area contributed by atoms with Crippen LogP contribution in [0, 0.1) is 30.6 Å². The van der Waals surface area contributed by atoms with E-state index in [0.29, 0.717) is 18.8 Å². The van der Waals surface area contributed by atoms with Gasteiger partial charge in [-0.1, -0.05) is 45.9 Å². The zero-order chi connectivity index (χ0) is 45.1. The van der Waals surface area contributed by atoms with Crippen LogP contribution in [0.1, 0.15) is 47.1 Å². The second-order valence-electron chi connectivity index (χ2n) is 17.2. The zero-order valence-electron chi connectivity index (χ0n) is 36.4. The number of carbonyl (C=O) groups is 1. The number of hydrogen-bond acceptors (Lipinski definition) is 15. The molecule has 16 heteroatoms. The summed E-state index contributed by atoms with van der Waals surface area (Å²) in [5, 5.41) is 60.0. The van der Waals surface area contributed by atoms with Gasteiger partial charge >= 0.3 is 5.79 Å². The van der Waals surface area contributed by atoms with Crippen molar-refractivity contribution in [3.8, 4) is 11.5 Å². The number of anilines is 2. The van der Waals surface area contributed by atoms with Crippen LogP contribution in [-0.4, -0.2) is 112 Å². The van der Waals surface area contributed by atoms with Crippen LogP contribution in [0.4, 0.5) is 11.4 Å². The minimum atomic E-state index is -1.95. The average molecular weight is 857 g/mol. The quantitative estimate of drug-likeness (QED) is 0.125. The van der Waals surface area contributed by atoms with Gasteiger partial charge in [0.15, 0.2) is 22.4 Å². The summed E-state index contributed by atoms with van der Waals surface area (Å²) < 4.78 is 24.4. The number of hydrogen-bond donors (Lipinski definition) is 6. The van der Waals surface area contributed by atoms with E-state index in [4.69, 9.17) is 23.6 Å². The number of carbonyl (C=O) groups excluding carboxylic acids is 1. The van der Waals surface area contributed by atoms with E-state index in [2.05, 4.69) is 10.2 Å². The number of phenols is 1. The number of aliphatic hydroxyl groups is 4. The fourth-order valence-electron chi connectivity index (χ4n) is 8.73. The smallest absolute Gasteiger partial charge is 0.307 e. The van der Waals surface area contributed by atoms with Crippen molar-refractivity contribution in [3.05, 3.63) is 79.5 Å². The molecule has 4 heterocycles. The van der Waals surface area contributed by atoms with E-state index in [0.717, 1.165) is 13.1 Å². The van der Waals surface area contributed by atoms with Crippen LogP contribution in [0.5, 0.6) is 11.5 Å². The fraction of sp³-hybridized carbons (Fsp3) is 0.478. The maximum Gasteiger partial charge on any atom is 0.307 e. The standard InChI is InChI=1S/C46H56N4O12/c1-21-11-10-12-22(2)45(58)48-36-41(56)32-31(35-43(36)61-30-20-27(19-28(51)34(30)47-35)50-16-14-49(8)15-17-50)33-42(26(6)40(32)55)62-46(7,44(33)57)60-18-13-29(59-9)23(3)38(53)25(5)39(54)24(4)37(21)52/h10-13,18-21,23-25,29,37-39,52-55,57H,14-17H2,1-9H3,(H,48,58)/b11-10+,18-13+,22-12-/t21-,23+,24+,25-,29-,37-,38+,39+,46-/m0/s1. The number of piperazine rings is 1. The number of amides is 1. The molecule has 332 valence electrons. The van der Waals surface area contributed by atoms with Gasteiger partial charge in [0.05, 0.1) is 41.3 Å². The lowest BCUT2D eigenvalue weighted by Crippen LogP contribution is -2.44. The number of aromatic hydroxyl groups is 1. The molecule has 0 unspecified atom stereocenters. The number of aromatic nitrogens is 1. The van der Waals surface area contributed by atoms with E-state index >= 15 is 0 Å². The van der Waals surface area contributed by atoms with Gasteiger partial charge in [0, 0.05) is 98.2 Å². The molecule has 0 saturated carbocycles. The van der Waals surface area contributed by atoms with Crippen molar-refractivity contribution in [1.82, 2.24) is 9.88 Å². The molecule has 0 radical (unpaired) electrons. The first-order chi connectivity index (χ1) is 29.3. The molecule has 1 aromatic heterocycles. The molecule has 3 aliphatic heterocycles. The van der Waals surface area contributed by atoms with Gasteiger partial charge in [-0.25, -0.2) is 4.98 Å². The van der Waals surface area contributed by atoms with E-state index in [1.807, 2.05) is 11.9 Å². The highest BCUT2D eigenvalue weighted by Crippen LogP contribution is 2.42. The van der Waals surface area contributed by atoms with Gasteiger partial charge in [0.2, 0.25) is 10.9 Å². The topological polar surface area (TPSA) is 225 Å². The van der Waals surface area contributed by atoms with Crippen LogP contribution in [0.2, 0.25) is 0 Å². The van der Waals surface area contributed by atoms with Gasteiger partial charge in [0.1, 0.15) is 22.7 Å². The molecule has 6 N–H and O–H groups in total. The molecule has 3 aromatic carbocycles. The third-order valence-corrected chi connectivity index (χ3v) is 13.0. The first-order valence-corrected chi connectivity index (χ1v) is 20.9. The summed E-state index contributed by atoms with van der Waals surface area (Å²) in [5.74, 6) is -6.18. The molecule has 1 amide bonds. The van der Waals surface area contributed by atoms with E-state index < -0.39 is 82.1 Å². The van der Waals surface area contributed by atoms with Crippen molar-refractivity contribution in [2.75, 3.05) is 50.6 Å². The lowest BCUT2D eigenvalue weighted by atomic mass is 9.78. The van der Waals surface area contributed by atoms with Crippen LogP contribution in [0.25, 0.3) is 38.7 Å². The molecule has 62 heavy (non-hydrogen) atoms. The molecule has 1 saturated heterocycles. The number of nitrogens with zero attached hydrogens (tertiary/aromatic N) is 3. The average Bonchev–Trinajstić information content (AvgIpc) is 3.52. The molecule has 7 rings (SSSR count). The van der Waals surface area contributed by atoms with Crippen molar-refractivity contribution in [3.63, 3.8) is 0 Å². The van der Waals surface area contributed by atoms with Gasteiger partial charge in [-0.15, -0.1) is 0 Å². The molecule has 4 bridgehead atoms. The van der Waals surface area contributed by atoms with Crippen molar-refractivity contribution in [1.29, 1.82) is 0 Å². The Balaban J connectivity index is 1.49. The van der Waals surface area contributed by atoms with Gasteiger partial charge in [-0.3, -0.25) is 14.4 Å². The third kappa shape index (κ3) is 7.68. The first kappa shape index (κ1) is 44.5. The van der Waals surface area contributed by atoms with Crippen molar-refractivity contribution < 1.29 is 49.0 Å². The summed E-state index contributed by atoms with van der Waals surface area (Å²) >= 11 is 0. The number of rotatable bonds is 2. The highest BCUT2D eigenvalue weighted by atomic mass is 16.7. The van der Waals surface area contributed by atoms with Crippen LogP contribution in [0.15, 0.2) is 62.3 Å². The molecule has 16 nitrogen and oxygen atoms in total. The minimum Gasteiger partial charge on any atom is -0.507 e. The van der Waals surface area contributed by atoms with Crippen LogP contribution in [-0.2, 0) is 14.3 Å². The Bertz CT molecular complexity index is 2700. The lowest BCUT2D eigenvalue weighted by Gasteiger charge is -2.36. The Morgan fingerprint density at radius 3 is 2.23 bits per heavy atom. The van der Waals surface area contributed by atoms with Gasteiger partial charge < -0.3 is 59.3 Å². The normalized spacial score (nSPS) is 31.2. The fourth-order valence-corrected chi connectivity index (χ4v) is 8.73. The number of methoxy groups -OCH3 is 1. The maximum atomic E-state index is 14.8. The highest BCUT2D eigenvalue weighted by Gasteiger charge is 2.44. The predicted octanol–water partition coefficient (Wildman–Crippen LogP) is 3.74. The Hall–Kier alpha value is -5.52. The molecule has 9 atom stereocenters. The number of fused-ring (bicyclic) bond motifs is 2. The van der Waals surface area contributed by atoms with Gasteiger partial charge in [-0.2, -0.15) is 0 Å². The first-order valence-electron chi connectivity index (χ1n) is 20.9. The second kappa shape index (κ2) is 17.0. The highest BCUT2D eigenvalue weighted by molar-refractivity contribution is 6.16. The number of phenolic OH excluding ortho intramolecular Hbond substituents is 1. The molecule has 3 aliphatic rings. The van der Waals surface area contributed by atoms with Gasteiger partial charge in [0.25, 0.3) is 5.91 Å².